The second-order valence-corrected chi connectivity index (χ2v) is 8.04. The summed E-state index contributed by atoms with van der Waals surface area (Å²) < 4.78 is 47.6. The first-order valence-corrected chi connectivity index (χ1v) is 9.97. The number of hydrogen-bond donors (Lipinski definition) is 2. The minimum absolute atomic E-state index is 0.121. The normalized spacial score (nSPS) is 15.8. The van der Waals surface area contributed by atoms with Crippen LogP contribution < -0.4 is 5.73 Å². The lowest BCUT2D eigenvalue weighted by atomic mass is 9.75. The quantitative estimate of drug-likeness (QED) is 0.491. The van der Waals surface area contributed by atoms with Gasteiger partial charge in [0.05, 0.1) is 24.4 Å². The Balaban J connectivity index is 1.60. The highest BCUT2D eigenvalue weighted by Crippen LogP contribution is 2.39. The number of aryl methyl sites for hydroxylation is 1. The van der Waals surface area contributed by atoms with Gasteiger partial charge in [0.2, 0.25) is 0 Å². The Morgan fingerprint density at radius 1 is 1.25 bits per heavy atom. The fraction of sp³-hybridized carbons (Fsp3) is 0.333. The molecule has 0 bridgehead atoms. The van der Waals surface area contributed by atoms with E-state index in [0.29, 0.717) is 41.8 Å². The van der Waals surface area contributed by atoms with E-state index < -0.39 is 11.9 Å². The second kappa shape index (κ2) is 7.38. The van der Waals surface area contributed by atoms with Crippen molar-refractivity contribution in [3.05, 3.63) is 59.4 Å². The van der Waals surface area contributed by atoms with Crippen molar-refractivity contribution in [2.45, 2.75) is 24.6 Å². The van der Waals surface area contributed by atoms with E-state index in [9.17, 15) is 13.2 Å². The van der Waals surface area contributed by atoms with Gasteiger partial charge in [0.1, 0.15) is 23.5 Å². The molecule has 0 atom stereocenters. The molecule has 11 heteroatoms. The number of benzene rings is 1. The van der Waals surface area contributed by atoms with Gasteiger partial charge in [-0.2, -0.15) is 18.3 Å². The van der Waals surface area contributed by atoms with E-state index in [0.717, 1.165) is 17.5 Å². The van der Waals surface area contributed by atoms with Gasteiger partial charge in [0.15, 0.2) is 0 Å². The zero-order chi connectivity index (χ0) is 22.5. The number of alkyl halides is 3. The van der Waals surface area contributed by atoms with Crippen molar-refractivity contribution in [2.24, 2.45) is 12.8 Å². The minimum atomic E-state index is -4.59. The van der Waals surface area contributed by atoms with Gasteiger partial charge < -0.3 is 15.0 Å². The number of nitrogens with two attached hydrogens (primary N) is 1. The highest BCUT2D eigenvalue weighted by atomic mass is 19.4. The van der Waals surface area contributed by atoms with Crippen LogP contribution in [0.1, 0.15) is 22.8 Å². The van der Waals surface area contributed by atoms with E-state index >= 15 is 0 Å². The average Bonchev–Trinajstić information content (AvgIpc) is 3.35. The lowest BCUT2D eigenvalue weighted by Crippen LogP contribution is -2.49. The smallest absolute Gasteiger partial charge is 0.379 e. The molecular weight excluding hydrogens is 423 g/mol. The van der Waals surface area contributed by atoms with Crippen molar-refractivity contribution in [2.75, 3.05) is 13.2 Å². The number of halogens is 3. The van der Waals surface area contributed by atoms with Gasteiger partial charge in [0, 0.05) is 36.4 Å². The van der Waals surface area contributed by atoms with E-state index in [1.807, 2.05) is 35.9 Å². The average molecular weight is 443 g/mol. The first-order valence-electron chi connectivity index (χ1n) is 9.97. The molecular formula is C21H20F3N7O. The topological polar surface area (TPSA) is 108 Å². The number of fused-ring (bicyclic) bond motifs is 1. The largest absolute Gasteiger partial charge is 0.433 e. The lowest BCUT2D eigenvalue weighted by molar-refractivity contribution is -0.141. The second-order valence-electron chi connectivity index (χ2n) is 8.04. The number of ether oxygens (including phenoxy) is 1. The third kappa shape index (κ3) is 3.33. The van der Waals surface area contributed by atoms with Gasteiger partial charge in [-0.15, -0.1) is 10.2 Å². The summed E-state index contributed by atoms with van der Waals surface area (Å²) in [6.45, 7) is 0.897. The van der Waals surface area contributed by atoms with E-state index in [-0.39, 0.29) is 17.7 Å². The third-order valence-corrected chi connectivity index (χ3v) is 5.92. The predicted octanol–water partition coefficient (Wildman–Crippen LogP) is 2.74. The van der Waals surface area contributed by atoms with Crippen LogP contribution in [0.5, 0.6) is 0 Å². The Hall–Kier alpha value is -3.31. The van der Waals surface area contributed by atoms with Crippen LogP contribution >= 0.6 is 0 Å². The monoisotopic (exact) mass is 443 g/mol. The SMILES string of the molecule is Cn1cnnc1CC1(c2cccc(-c3n[nH]c4c(CN)nc(C(F)(F)F)cc34)c2)COC1. The standard InChI is InChI=1S/C21H20F3N7O/c1-31-11-26-28-17(31)7-20(9-32-10-20)13-4-2-3-12(5-13)18-14-6-16(21(22,23)24)27-15(8-25)19(14)30-29-18/h2-6,11H,7-10,25H2,1H3,(H,29,30). The molecule has 1 aliphatic heterocycles. The molecule has 0 amide bonds. The predicted molar refractivity (Wildman–Crippen MR) is 109 cm³/mol. The van der Waals surface area contributed by atoms with E-state index in [2.05, 4.69) is 25.4 Å². The Kier molecular flexibility index (Phi) is 4.75. The fourth-order valence-corrected chi connectivity index (χ4v) is 4.08. The van der Waals surface area contributed by atoms with Crippen LogP contribution in [-0.2, 0) is 36.3 Å². The molecule has 166 valence electrons. The number of nitrogens with one attached hydrogen (secondary N) is 1. The van der Waals surface area contributed by atoms with Gasteiger partial charge in [-0.25, -0.2) is 4.98 Å². The van der Waals surface area contributed by atoms with Crippen LogP contribution in [0.3, 0.4) is 0 Å². The molecule has 0 spiro atoms. The molecule has 0 saturated carbocycles. The molecule has 0 radical (unpaired) electrons. The first kappa shape index (κ1) is 20.6. The van der Waals surface area contributed by atoms with Crippen LogP contribution in [0.15, 0.2) is 36.7 Å². The first-order chi connectivity index (χ1) is 15.3. The van der Waals surface area contributed by atoms with Crippen molar-refractivity contribution in [1.29, 1.82) is 0 Å². The van der Waals surface area contributed by atoms with Gasteiger partial charge in [0.25, 0.3) is 0 Å². The lowest BCUT2D eigenvalue weighted by Gasteiger charge is -2.41. The number of hydrogen-bond acceptors (Lipinski definition) is 6. The highest BCUT2D eigenvalue weighted by Gasteiger charge is 2.42. The molecule has 0 aliphatic carbocycles. The Morgan fingerprint density at radius 2 is 2.06 bits per heavy atom. The summed E-state index contributed by atoms with van der Waals surface area (Å²) >= 11 is 0. The van der Waals surface area contributed by atoms with E-state index in [1.165, 1.54) is 0 Å². The highest BCUT2D eigenvalue weighted by molar-refractivity contribution is 5.94. The van der Waals surface area contributed by atoms with Crippen LogP contribution in [0.4, 0.5) is 13.2 Å². The van der Waals surface area contributed by atoms with Gasteiger partial charge >= 0.3 is 6.18 Å². The van der Waals surface area contributed by atoms with Crippen LogP contribution in [-0.4, -0.2) is 43.2 Å². The Labute approximate surface area is 180 Å². The van der Waals surface area contributed by atoms with Gasteiger partial charge in [-0.05, 0) is 17.7 Å². The van der Waals surface area contributed by atoms with Crippen LogP contribution in [0.25, 0.3) is 22.2 Å². The summed E-state index contributed by atoms with van der Waals surface area (Å²) in [4.78, 5) is 3.67. The summed E-state index contributed by atoms with van der Waals surface area (Å²) in [6, 6.07) is 8.65. The van der Waals surface area contributed by atoms with Crippen molar-refractivity contribution >= 4 is 10.9 Å². The molecule has 1 aromatic carbocycles. The zero-order valence-corrected chi connectivity index (χ0v) is 17.1. The molecule has 1 fully saturated rings. The molecule has 1 saturated heterocycles. The van der Waals surface area contributed by atoms with Crippen molar-refractivity contribution in [3.8, 4) is 11.3 Å². The Bertz CT molecular complexity index is 1290. The third-order valence-electron chi connectivity index (χ3n) is 5.92. The van der Waals surface area contributed by atoms with E-state index in [4.69, 9.17) is 10.5 Å². The number of aromatic nitrogens is 6. The maximum atomic E-state index is 13.4. The zero-order valence-electron chi connectivity index (χ0n) is 17.1. The van der Waals surface area contributed by atoms with Gasteiger partial charge in [-0.1, -0.05) is 18.2 Å². The molecule has 3 N–H and O–H groups in total. The van der Waals surface area contributed by atoms with Crippen LogP contribution in [0, 0.1) is 0 Å². The molecule has 1 aliphatic rings. The molecule has 4 heterocycles. The number of H-pyrrole nitrogens is 1. The number of aromatic amines is 1. The molecule has 5 rings (SSSR count). The minimum Gasteiger partial charge on any atom is -0.379 e. The molecule has 8 nitrogen and oxygen atoms in total. The van der Waals surface area contributed by atoms with Crippen molar-refractivity contribution < 1.29 is 17.9 Å². The Morgan fingerprint density at radius 3 is 2.69 bits per heavy atom. The fourth-order valence-electron chi connectivity index (χ4n) is 4.08. The maximum absolute atomic E-state index is 13.4. The maximum Gasteiger partial charge on any atom is 0.433 e. The summed E-state index contributed by atoms with van der Waals surface area (Å²) in [5.41, 5.74) is 7.02. The number of rotatable bonds is 5. The molecule has 3 aromatic heterocycles. The molecule has 4 aromatic rings. The van der Waals surface area contributed by atoms with E-state index in [1.54, 1.807) is 6.33 Å². The number of pyridine rings is 1. The summed E-state index contributed by atoms with van der Waals surface area (Å²) in [6.07, 6.45) is -2.30. The van der Waals surface area contributed by atoms with Crippen LogP contribution in [0.2, 0.25) is 0 Å². The summed E-state index contributed by atoms with van der Waals surface area (Å²) in [5.74, 6) is 0.831. The number of nitrogens with zero attached hydrogens (tertiary/aromatic N) is 5. The van der Waals surface area contributed by atoms with Gasteiger partial charge in [-0.3, -0.25) is 5.10 Å². The summed E-state index contributed by atoms with van der Waals surface area (Å²) in [5, 5.41) is 15.6. The van der Waals surface area contributed by atoms with Crippen molar-refractivity contribution in [3.63, 3.8) is 0 Å². The summed E-state index contributed by atoms with van der Waals surface area (Å²) in [7, 11) is 1.89. The molecule has 32 heavy (non-hydrogen) atoms. The van der Waals surface area contributed by atoms with Crippen molar-refractivity contribution in [1.82, 2.24) is 29.9 Å². The molecule has 0 unspecified atom stereocenters.